The van der Waals surface area contributed by atoms with E-state index in [-0.39, 0.29) is 24.4 Å². The fourth-order valence-electron chi connectivity index (χ4n) is 0.270. The predicted octanol–water partition coefficient (Wildman–Crippen LogP) is -2.50. The van der Waals surface area contributed by atoms with Crippen molar-refractivity contribution in [2.75, 3.05) is 0 Å². The van der Waals surface area contributed by atoms with Gasteiger partial charge in [-0.15, -0.1) is 0 Å². The number of rotatable bonds is 3. The third kappa shape index (κ3) is 4.18. The van der Waals surface area contributed by atoms with Crippen LogP contribution in [0.3, 0.4) is 0 Å². The van der Waals surface area contributed by atoms with Gasteiger partial charge in [-0.2, -0.15) is 0 Å². The van der Waals surface area contributed by atoms with Gasteiger partial charge in [0.15, 0.2) is 12.2 Å². The van der Waals surface area contributed by atoms with E-state index in [0.717, 1.165) is 0 Å². The van der Waals surface area contributed by atoms with E-state index in [4.69, 9.17) is 20.4 Å². The molecule has 0 aliphatic carbocycles. The molecule has 0 aromatic heterocycles. The van der Waals surface area contributed by atoms with Crippen LogP contribution in [-0.2, 0) is 9.59 Å². The first-order valence-electron chi connectivity index (χ1n) is 2.28. The Morgan fingerprint density at radius 1 is 0.909 bits per heavy atom. The minimum Gasteiger partial charge on any atom is -0.479 e. The van der Waals surface area contributed by atoms with Gasteiger partial charge in [-0.1, -0.05) is 0 Å². The number of aliphatic hydroxyl groups excluding tert-OH is 2. The number of carboxylic acid groups (broad SMARTS) is 2. The molecule has 0 rings (SSSR count). The Bertz CT molecular complexity index is 139. The molecule has 0 fully saturated rings. The van der Waals surface area contributed by atoms with Crippen LogP contribution in [0, 0.1) is 0 Å². The smallest absolute Gasteiger partial charge is 0.335 e. The van der Waals surface area contributed by atoms with Gasteiger partial charge >= 0.3 is 11.9 Å². The van der Waals surface area contributed by atoms with Crippen LogP contribution in [0.1, 0.15) is 0 Å². The first-order chi connectivity index (χ1) is 4.46. The maximum atomic E-state index is 9.77. The molecule has 3 radical (unpaired) electrons. The standard InChI is InChI=1S/C4H6O6.Sb/c5-1(3(7)8)2(6)4(9)10;/h1-2,5-6H,(H,7,8)(H,9,10);. The average molecular weight is 272 g/mol. The summed E-state index contributed by atoms with van der Waals surface area (Å²) in [5, 5.41) is 32.5. The predicted molar refractivity (Wildman–Crippen MR) is 33.0 cm³/mol. The maximum Gasteiger partial charge on any atom is 0.335 e. The van der Waals surface area contributed by atoms with Crippen LogP contribution in [0.25, 0.3) is 0 Å². The number of hydrogen-bond acceptors (Lipinski definition) is 4. The number of carbonyl (C=O) groups is 2. The minimum absolute atomic E-state index is 0. The molecule has 0 aromatic rings. The summed E-state index contributed by atoms with van der Waals surface area (Å²) in [7, 11) is 0. The van der Waals surface area contributed by atoms with Gasteiger partial charge in [0, 0.05) is 24.4 Å². The molecule has 0 amide bonds. The SMILES string of the molecule is O=C(O)C(O)C(O)C(=O)O.[Sb]. The molecule has 0 aliphatic heterocycles. The zero-order valence-corrected chi connectivity index (χ0v) is 7.76. The molecule has 6 nitrogen and oxygen atoms in total. The molecule has 0 saturated carbocycles. The quantitative estimate of drug-likeness (QED) is 0.422. The number of carboxylic acids is 2. The minimum atomic E-state index is -2.27. The third-order valence-electron chi connectivity index (χ3n) is 0.805. The summed E-state index contributed by atoms with van der Waals surface area (Å²) < 4.78 is 0. The largest absolute Gasteiger partial charge is 0.479 e. The molecule has 0 aromatic carbocycles. The second kappa shape index (κ2) is 5.34. The second-order valence-electron chi connectivity index (χ2n) is 1.57. The summed E-state index contributed by atoms with van der Waals surface area (Å²) in [5.74, 6) is -3.54. The number of hydrogen-bond donors (Lipinski definition) is 4. The molecule has 0 bridgehead atoms. The van der Waals surface area contributed by atoms with Crippen molar-refractivity contribution < 1.29 is 30.0 Å². The Kier molecular flexibility index (Phi) is 6.45. The molecule has 11 heavy (non-hydrogen) atoms. The van der Waals surface area contributed by atoms with Gasteiger partial charge < -0.3 is 20.4 Å². The van der Waals surface area contributed by atoms with Crippen molar-refractivity contribution in [3.8, 4) is 0 Å². The van der Waals surface area contributed by atoms with Crippen LogP contribution in [-0.4, -0.2) is 69.0 Å². The Labute approximate surface area is 78.9 Å². The van der Waals surface area contributed by atoms with Crippen LogP contribution in [0.2, 0.25) is 0 Å². The maximum absolute atomic E-state index is 9.77. The van der Waals surface area contributed by atoms with Crippen molar-refractivity contribution >= 4 is 36.4 Å². The molecule has 0 spiro atoms. The molecule has 4 N–H and O–H groups in total. The van der Waals surface area contributed by atoms with Crippen LogP contribution in [0.15, 0.2) is 0 Å². The average Bonchev–Trinajstić information content (AvgIpc) is 1.84. The van der Waals surface area contributed by atoms with Crippen molar-refractivity contribution in [2.24, 2.45) is 0 Å². The van der Waals surface area contributed by atoms with Crippen molar-refractivity contribution in [3.05, 3.63) is 0 Å². The van der Waals surface area contributed by atoms with E-state index in [9.17, 15) is 9.59 Å². The third-order valence-corrected chi connectivity index (χ3v) is 0.805. The Balaban J connectivity index is 0. The fourth-order valence-corrected chi connectivity index (χ4v) is 0.270. The zero-order chi connectivity index (χ0) is 8.31. The summed E-state index contributed by atoms with van der Waals surface area (Å²) >= 11 is 0. The Morgan fingerprint density at radius 2 is 1.09 bits per heavy atom. The van der Waals surface area contributed by atoms with Gasteiger partial charge in [-0.3, -0.25) is 0 Å². The zero-order valence-electron chi connectivity index (χ0n) is 5.21. The van der Waals surface area contributed by atoms with Gasteiger partial charge in [0.25, 0.3) is 0 Å². The van der Waals surface area contributed by atoms with Crippen LogP contribution >= 0.6 is 0 Å². The second-order valence-corrected chi connectivity index (χ2v) is 1.57. The molecule has 63 valence electrons. The molecular formula is C4H6O6Sb. The van der Waals surface area contributed by atoms with Gasteiger partial charge in [0.2, 0.25) is 0 Å². The fraction of sp³-hybridized carbons (Fsp3) is 0.500. The van der Waals surface area contributed by atoms with Crippen molar-refractivity contribution in [1.82, 2.24) is 0 Å². The number of aliphatic carboxylic acids is 2. The normalized spacial score (nSPS) is 14.4. The molecule has 0 aliphatic rings. The van der Waals surface area contributed by atoms with E-state index < -0.39 is 24.1 Å². The first-order valence-corrected chi connectivity index (χ1v) is 2.28. The van der Waals surface area contributed by atoms with Crippen molar-refractivity contribution in [2.45, 2.75) is 12.2 Å². The van der Waals surface area contributed by atoms with E-state index in [1.165, 1.54) is 0 Å². The van der Waals surface area contributed by atoms with Crippen LogP contribution < -0.4 is 0 Å². The van der Waals surface area contributed by atoms with E-state index in [0.29, 0.717) is 0 Å². The van der Waals surface area contributed by atoms with E-state index >= 15 is 0 Å². The monoisotopic (exact) mass is 271 g/mol. The van der Waals surface area contributed by atoms with Gasteiger partial charge in [0.05, 0.1) is 0 Å². The molecule has 2 atom stereocenters. The van der Waals surface area contributed by atoms with Gasteiger partial charge in [-0.05, 0) is 0 Å². The first kappa shape index (κ1) is 13.3. The summed E-state index contributed by atoms with van der Waals surface area (Å²) in [4.78, 5) is 19.5. The van der Waals surface area contributed by atoms with Gasteiger partial charge in [-0.25, -0.2) is 9.59 Å². The van der Waals surface area contributed by atoms with E-state index in [1.807, 2.05) is 0 Å². The molecular weight excluding hydrogens is 266 g/mol. The molecule has 7 heteroatoms. The van der Waals surface area contributed by atoms with E-state index in [1.54, 1.807) is 0 Å². The summed E-state index contributed by atoms with van der Waals surface area (Å²) in [6.45, 7) is 0. The van der Waals surface area contributed by atoms with Crippen LogP contribution in [0.4, 0.5) is 0 Å². The summed E-state index contributed by atoms with van der Waals surface area (Å²) in [5.41, 5.74) is 0. The summed E-state index contributed by atoms with van der Waals surface area (Å²) in [6, 6.07) is 0. The Morgan fingerprint density at radius 3 is 1.18 bits per heavy atom. The molecule has 0 saturated heterocycles. The Hall–Kier alpha value is -0.322. The molecule has 2 unspecified atom stereocenters. The van der Waals surface area contributed by atoms with Crippen molar-refractivity contribution in [3.63, 3.8) is 0 Å². The van der Waals surface area contributed by atoms with Crippen molar-refractivity contribution in [1.29, 1.82) is 0 Å². The van der Waals surface area contributed by atoms with Crippen LogP contribution in [0.5, 0.6) is 0 Å². The number of aliphatic hydroxyl groups is 2. The van der Waals surface area contributed by atoms with Gasteiger partial charge in [0.1, 0.15) is 0 Å². The molecule has 0 heterocycles. The summed E-state index contributed by atoms with van der Waals surface area (Å²) in [6.07, 6.45) is -4.53. The van der Waals surface area contributed by atoms with E-state index in [2.05, 4.69) is 0 Å². The topological polar surface area (TPSA) is 115 Å².